The Balaban J connectivity index is 2.28. The summed E-state index contributed by atoms with van der Waals surface area (Å²) in [7, 11) is 1.37. The smallest absolute Gasteiger partial charge is 0.335 e. The highest BCUT2D eigenvalue weighted by Crippen LogP contribution is 2.25. The van der Waals surface area contributed by atoms with Crippen LogP contribution in [0, 0.1) is 6.92 Å². The number of hydrogen-bond acceptors (Lipinski definition) is 5. The van der Waals surface area contributed by atoms with Crippen LogP contribution in [0.15, 0.2) is 18.0 Å². The van der Waals surface area contributed by atoms with E-state index in [1.807, 2.05) is 11.8 Å². The Bertz CT molecular complexity index is 488. The molecule has 90 valence electrons. The van der Waals surface area contributed by atoms with Gasteiger partial charge in [-0.25, -0.2) is 9.78 Å². The second-order valence-corrected chi connectivity index (χ2v) is 4.07. The Morgan fingerprint density at radius 2 is 2.35 bits per heavy atom. The van der Waals surface area contributed by atoms with Gasteiger partial charge in [0.15, 0.2) is 0 Å². The van der Waals surface area contributed by atoms with E-state index in [-0.39, 0.29) is 11.3 Å². The van der Waals surface area contributed by atoms with E-state index in [4.69, 9.17) is 11.6 Å². The Morgan fingerprint density at radius 3 is 3.06 bits per heavy atom. The zero-order chi connectivity index (χ0) is 12.4. The first-order chi connectivity index (χ1) is 8.11. The molecule has 0 unspecified atom stereocenters. The Labute approximate surface area is 104 Å². The summed E-state index contributed by atoms with van der Waals surface area (Å²) < 4.78 is 4.68. The topological polar surface area (TPSA) is 55.3 Å². The fraction of sp³-hybridized carbons (Fsp3) is 0.364. The number of carbonyl (C=O) groups excluding carboxylic acids is 1. The van der Waals surface area contributed by atoms with Crippen molar-refractivity contribution in [3.63, 3.8) is 0 Å². The molecule has 2 rings (SSSR count). The van der Waals surface area contributed by atoms with Crippen LogP contribution < -0.4 is 4.90 Å². The van der Waals surface area contributed by atoms with Gasteiger partial charge in [-0.1, -0.05) is 0 Å². The maximum absolute atomic E-state index is 11.4. The first-order valence-corrected chi connectivity index (χ1v) is 5.54. The minimum Gasteiger partial charge on any atom is -0.466 e. The van der Waals surface area contributed by atoms with Crippen molar-refractivity contribution in [3.05, 3.63) is 28.8 Å². The van der Waals surface area contributed by atoms with Crippen LogP contribution in [0.5, 0.6) is 0 Å². The molecule has 1 aliphatic heterocycles. The molecular weight excluding hydrogens is 242 g/mol. The molecule has 0 saturated carbocycles. The third-order valence-corrected chi connectivity index (χ3v) is 2.75. The van der Waals surface area contributed by atoms with Crippen molar-refractivity contribution in [2.75, 3.05) is 18.6 Å². The van der Waals surface area contributed by atoms with Crippen LogP contribution in [0.25, 0.3) is 0 Å². The first-order valence-electron chi connectivity index (χ1n) is 5.16. The van der Waals surface area contributed by atoms with Crippen LogP contribution in [-0.2, 0) is 9.53 Å². The monoisotopic (exact) mass is 253 g/mol. The van der Waals surface area contributed by atoms with E-state index in [0.29, 0.717) is 18.5 Å². The average molecular weight is 254 g/mol. The molecule has 1 aromatic rings. The quantitative estimate of drug-likeness (QED) is 0.593. The van der Waals surface area contributed by atoms with Gasteiger partial charge in [-0.2, -0.15) is 4.98 Å². The van der Waals surface area contributed by atoms with Gasteiger partial charge in [-0.05, 0) is 24.9 Å². The lowest BCUT2D eigenvalue weighted by molar-refractivity contribution is -0.136. The van der Waals surface area contributed by atoms with E-state index in [2.05, 4.69) is 14.7 Å². The van der Waals surface area contributed by atoms with Gasteiger partial charge in [0, 0.05) is 24.5 Å². The molecule has 0 radical (unpaired) electrons. The van der Waals surface area contributed by atoms with Crippen LogP contribution >= 0.6 is 11.6 Å². The molecule has 0 N–H and O–H groups in total. The van der Waals surface area contributed by atoms with Gasteiger partial charge >= 0.3 is 5.97 Å². The van der Waals surface area contributed by atoms with Gasteiger partial charge in [-0.3, -0.25) is 0 Å². The molecule has 5 nitrogen and oxygen atoms in total. The highest BCUT2D eigenvalue weighted by molar-refractivity contribution is 6.28. The molecule has 0 fully saturated rings. The maximum Gasteiger partial charge on any atom is 0.335 e. The third-order valence-electron chi connectivity index (χ3n) is 2.57. The predicted molar refractivity (Wildman–Crippen MR) is 63.8 cm³/mol. The molecule has 0 atom stereocenters. The molecule has 0 aliphatic carbocycles. The van der Waals surface area contributed by atoms with Gasteiger partial charge < -0.3 is 9.64 Å². The van der Waals surface area contributed by atoms with E-state index in [1.165, 1.54) is 7.11 Å². The Hall–Kier alpha value is -1.62. The molecule has 2 heterocycles. The number of hydrogen-bond donors (Lipinski definition) is 0. The third kappa shape index (κ3) is 2.39. The molecule has 0 bridgehead atoms. The van der Waals surface area contributed by atoms with E-state index in [0.717, 1.165) is 11.4 Å². The lowest BCUT2D eigenvalue weighted by Crippen LogP contribution is -2.15. The van der Waals surface area contributed by atoms with Crippen molar-refractivity contribution < 1.29 is 9.53 Å². The van der Waals surface area contributed by atoms with E-state index in [1.54, 1.807) is 12.4 Å². The number of methoxy groups -OCH3 is 1. The van der Waals surface area contributed by atoms with E-state index < -0.39 is 0 Å². The minimum atomic E-state index is -0.301. The maximum atomic E-state index is 11.4. The molecule has 0 spiro atoms. The molecule has 1 aliphatic rings. The number of ether oxygens (including phenoxy) is 1. The van der Waals surface area contributed by atoms with Crippen molar-refractivity contribution in [2.24, 2.45) is 0 Å². The van der Waals surface area contributed by atoms with Gasteiger partial charge in [0.2, 0.25) is 5.28 Å². The molecule has 17 heavy (non-hydrogen) atoms. The van der Waals surface area contributed by atoms with Crippen LogP contribution in [-0.4, -0.2) is 29.6 Å². The summed E-state index contributed by atoms with van der Waals surface area (Å²) in [4.78, 5) is 21.3. The zero-order valence-corrected chi connectivity index (χ0v) is 10.4. The standard InChI is InChI=1S/C11H12ClN3O2/c1-7-5-13-11(12)14-9(7)15-4-3-8(6-15)10(16)17-2/h5-6H,3-4H2,1-2H3. The predicted octanol–water partition coefficient (Wildman–Crippen LogP) is 1.71. The fourth-order valence-corrected chi connectivity index (χ4v) is 1.84. The number of esters is 1. The first kappa shape index (κ1) is 11.9. The van der Waals surface area contributed by atoms with Crippen molar-refractivity contribution in [2.45, 2.75) is 13.3 Å². The molecule has 1 aromatic heterocycles. The largest absolute Gasteiger partial charge is 0.466 e. The summed E-state index contributed by atoms with van der Waals surface area (Å²) >= 11 is 5.76. The van der Waals surface area contributed by atoms with Crippen molar-refractivity contribution >= 4 is 23.4 Å². The summed E-state index contributed by atoms with van der Waals surface area (Å²) in [5, 5.41) is 0.200. The van der Waals surface area contributed by atoms with E-state index in [9.17, 15) is 4.79 Å². The zero-order valence-electron chi connectivity index (χ0n) is 9.61. The summed E-state index contributed by atoms with van der Waals surface area (Å²) in [6, 6.07) is 0. The highest BCUT2D eigenvalue weighted by atomic mass is 35.5. The molecule has 0 aromatic carbocycles. The summed E-state index contributed by atoms with van der Waals surface area (Å²) in [6.07, 6.45) is 4.06. The highest BCUT2D eigenvalue weighted by Gasteiger charge is 2.21. The van der Waals surface area contributed by atoms with Crippen LogP contribution in [0.3, 0.4) is 0 Å². The minimum absolute atomic E-state index is 0.200. The summed E-state index contributed by atoms with van der Waals surface area (Å²) in [5.74, 6) is 0.425. The van der Waals surface area contributed by atoms with Crippen LogP contribution in [0.1, 0.15) is 12.0 Å². The van der Waals surface area contributed by atoms with Crippen molar-refractivity contribution in [1.29, 1.82) is 0 Å². The Morgan fingerprint density at radius 1 is 1.59 bits per heavy atom. The van der Waals surface area contributed by atoms with E-state index >= 15 is 0 Å². The molecule has 0 saturated heterocycles. The fourth-order valence-electron chi connectivity index (χ4n) is 1.71. The lowest BCUT2D eigenvalue weighted by Gasteiger charge is -2.15. The number of carbonyl (C=O) groups is 1. The lowest BCUT2D eigenvalue weighted by atomic mass is 10.2. The number of rotatable bonds is 2. The van der Waals surface area contributed by atoms with Crippen LogP contribution in [0.4, 0.5) is 5.82 Å². The summed E-state index contributed by atoms with van der Waals surface area (Å²) in [6.45, 7) is 2.59. The normalized spacial score (nSPS) is 14.8. The SMILES string of the molecule is COC(=O)C1=CN(c2nc(Cl)ncc2C)CC1. The Kier molecular flexibility index (Phi) is 3.28. The van der Waals surface area contributed by atoms with Gasteiger partial charge in [0.1, 0.15) is 5.82 Å². The number of aromatic nitrogens is 2. The van der Waals surface area contributed by atoms with Crippen molar-refractivity contribution in [1.82, 2.24) is 9.97 Å². The molecular formula is C11H12ClN3O2. The second kappa shape index (κ2) is 4.71. The average Bonchev–Trinajstić information content (AvgIpc) is 2.80. The van der Waals surface area contributed by atoms with Gasteiger partial charge in [0.25, 0.3) is 0 Å². The van der Waals surface area contributed by atoms with Gasteiger partial charge in [0.05, 0.1) is 12.7 Å². The number of aryl methyl sites for hydroxylation is 1. The van der Waals surface area contributed by atoms with Crippen molar-refractivity contribution in [3.8, 4) is 0 Å². The molecule has 6 heteroatoms. The van der Waals surface area contributed by atoms with Crippen LogP contribution in [0.2, 0.25) is 5.28 Å². The summed E-state index contributed by atoms with van der Waals surface area (Å²) in [5.41, 5.74) is 1.55. The number of nitrogens with zero attached hydrogens (tertiary/aromatic N) is 3. The number of anilines is 1. The second-order valence-electron chi connectivity index (χ2n) is 3.73. The number of halogens is 1. The van der Waals surface area contributed by atoms with Gasteiger partial charge in [-0.15, -0.1) is 0 Å². The molecule has 0 amide bonds.